The maximum Gasteiger partial charge on any atom is 0.120 e. The minimum atomic E-state index is 0.212. The number of hydrogen-bond donors (Lipinski definition) is 1. The van der Waals surface area contributed by atoms with Gasteiger partial charge in [-0.1, -0.05) is 37.4 Å². The number of benzene rings is 1. The minimum Gasteiger partial charge on any atom is -0.513 e. The third kappa shape index (κ3) is 4.68. The van der Waals surface area contributed by atoms with Crippen molar-refractivity contribution in [3.63, 3.8) is 0 Å². The second kappa shape index (κ2) is 6.69. The van der Waals surface area contributed by atoms with E-state index < -0.39 is 0 Å². The summed E-state index contributed by atoms with van der Waals surface area (Å²) in [6, 6.07) is 8.04. The molecular weight excluding hydrogens is 212 g/mol. The zero-order valence-electron chi connectivity index (χ0n) is 9.98. The first-order chi connectivity index (χ1) is 8.13. The summed E-state index contributed by atoms with van der Waals surface area (Å²) in [6.45, 7) is 7.41. The Kier molecular flexibility index (Phi) is 5.21. The Morgan fingerprint density at radius 1 is 1.18 bits per heavy atom. The van der Waals surface area contributed by atoms with Crippen LogP contribution < -0.4 is 0 Å². The zero-order valence-corrected chi connectivity index (χ0v) is 9.98. The number of allylic oxidation sites excluding steroid dienone is 2. The molecule has 0 bridgehead atoms. The quantitative estimate of drug-likeness (QED) is 0.573. The topological polar surface area (TPSA) is 37.3 Å². The van der Waals surface area contributed by atoms with Crippen molar-refractivity contribution in [2.75, 3.05) is 0 Å². The Morgan fingerprint density at radius 2 is 1.82 bits per heavy atom. The molecule has 1 N–H and O–H groups in total. The Morgan fingerprint density at radius 3 is 2.35 bits per heavy atom. The second-order valence-electron chi connectivity index (χ2n) is 4.07. The fourth-order valence-corrected chi connectivity index (χ4v) is 1.57. The van der Waals surface area contributed by atoms with Gasteiger partial charge < -0.3 is 9.90 Å². The third-order valence-corrected chi connectivity index (χ3v) is 2.63. The molecule has 0 heterocycles. The molecule has 0 spiro atoms. The van der Waals surface area contributed by atoms with Crippen molar-refractivity contribution >= 4 is 11.9 Å². The van der Waals surface area contributed by atoms with E-state index >= 15 is 0 Å². The summed E-state index contributed by atoms with van der Waals surface area (Å²) in [7, 11) is 0. The summed E-state index contributed by atoms with van der Waals surface area (Å²) in [6.07, 6.45) is 3.51. The van der Waals surface area contributed by atoms with Crippen LogP contribution in [0.4, 0.5) is 0 Å². The predicted molar refractivity (Wildman–Crippen MR) is 70.9 cm³/mol. The fraction of sp³-hybridized carbons (Fsp3) is 0.267. The van der Waals surface area contributed by atoms with E-state index in [2.05, 4.69) is 13.2 Å². The van der Waals surface area contributed by atoms with E-state index in [1.54, 1.807) is 0 Å². The van der Waals surface area contributed by atoms with Crippen LogP contribution in [0.1, 0.15) is 30.4 Å². The van der Waals surface area contributed by atoms with E-state index in [0.29, 0.717) is 19.3 Å². The van der Waals surface area contributed by atoms with Gasteiger partial charge in [-0.15, -0.1) is 0 Å². The maximum atomic E-state index is 10.3. The molecule has 0 amide bonds. The normalized spacial score (nSPS) is 9.88. The molecule has 1 aromatic carbocycles. The van der Waals surface area contributed by atoms with Crippen molar-refractivity contribution in [3.05, 3.63) is 54.3 Å². The number of rotatable bonds is 7. The van der Waals surface area contributed by atoms with Crippen LogP contribution >= 0.6 is 0 Å². The van der Waals surface area contributed by atoms with Gasteiger partial charge in [0.25, 0.3) is 0 Å². The molecule has 0 fully saturated rings. The standard InChI is InChI=1S/C15H18O2/c1-12(4-3-11-16)15-9-7-14(8-10-15)6-5-13(2)17/h7-11,17H,1-6H2. The summed E-state index contributed by atoms with van der Waals surface area (Å²) < 4.78 is 0. The van der Waals surface area contributed by atoms with Gasteiger partial charge in [-0.25, -0.2) is 0 Å². The molecule has 0 radical (unpaired) electrons. The summed E-state index contributed by atoms with van der Waals surface area (Å²) in [5.41, 5.74) is 3.21. The molecule has 0 aliphatic heterocycles. The molecule has 0 aliphatic carbocycles. The van der Waals surface area contributed by atoms with Crippen LogP contribution in [-0.4, -0.2) is 11.4 Å². The van der Waals surface area contributed by atoms with Gasteiger partial charge in [0.1, 0.15) is 6.29 Å². The van der Waals surface area contributed by atoms with Gasteiger partial charge in [0.05, 0.1) is 5.76 Å². The number of aliphatic hydroxyl groups excluding tert-OH is 1. The van der Waals surface area contributed by atoms with Crippen molar-refractivity contribution < 1.29 is 9.90 Å². The Hall–Kier alpha value is -1.83. The lowest BCUT2D eigenvalue weighted by molar-refractivity contribution is -0.107. The Bertz CT molecular complexity index is 401. The van der Waals surface area contributed by atoms with Crippen LogP contribution in [0.15, 0.2) is 43.2 Å². The van der Waals surface area contributed by atoms with Gasteiger partial charge in [-0.2, -0.15) is 0 Å². The number of hydrogen-bond acceptors (Lipinski definition) is 2. The maximum absolute atomic E-state index is 10.3. The molecule has 1 aromatic rings. The summed E-state index contributed by atoms with van der Waals surface area (Å²) >= 11 is 0. The van der Waals surface area contributed by atoms with E-state index in [4.69, 9.17) is 5.11 Å². The van der Waals surface area contributed by atoms with Gasteiger partial charge in [0.15, 0.2) is 0 Å². The molecule has 0 atom stereocenters. The SMILES string of the molecule is C=C(O)CCc1ccc(C(=C)CCC=O)cc1. The van der Waals surface area contributed by atoms with Gasteiger partial charge in [-0.05, 0) is 29.5 Å². The summed E-state index contributed by atoms with van der Waals surface area (Å²) in [5.74, 6) is 0.212. The molecule has 1 rings (SSSR count). The van der Waals surface area contributed by atoms with Gasteiger partial charge in [0.2, 0.25) is 0 Å². The van der Waals surface area contributed by atoms with Crippen LogP contribution in [0, 0.1) is 0 Å². The highest BCUT2D eigenvalue weighted by Crippen LogP contribution is 2.18. The molecule has 90 valence electrons. The zero-order chi connectivity index (χ0) is 12.7. The average molecular weight is 230 g/mol. The molecule has 2 heteroatoms. The number of carbonyl (C=O) groups is 1. The van der Waals surface area contributed by atoms with Gasteiger partial charge in [0, 0.05) is 12.8 Å². The van der Waals surface area contributed by atoms with Crippen LogP contribution in [0.3, 0.4) is 0 Å². The van der Waals surface area contributed by atoms with E-state index in [1.165, 1.54) is 0 Å². The van der Waals surface area contributed by atoms with Crippen LogP contribution in [0.2, 0.25) is 0 Å². The van der Waals surface area contributed by atoms with E-state index in [1.807, 2.05) is 24.3 Å². The minimum absolute atomic E-state index is 0.212. The molecule has 0 saturated heterocycles. The number of carbonyl (C=O) groups excluding carboxylic acids is 1. The smallest absolute Gasteiger partial charge is 0.120 e. The largest absolute Gasteiger partial charge is 0.513 e. The lowest BCUT2D eigenvalue weighted by Gasteiger charge is -2.06. The van der Waals surface area contributed by atoms with Crippen LogP contribution in [0.5, 0.6) is 0 Å². The first kappa shape index (κ1) is 13.2. The molecular formula is C15H18O2. The Labute approximate surface area is 102 Å². The van der Waals surface area contributed by atoms with Gasteiger partial charge >= 0.3 is 0 Å². The highest BCUT2D eigenvalue weighted by molar-refractivity contribution is 5.66. The lowest BCUT2D eigenvalue weighted by atomic mass is 10.0. The Balaban J connectivity index is 2.57. The predicted octanol–water partition coefficient (Wildman–Crippen LogP) is 3.68. The van der Waals surface area contributed by atoms with Crippen molar-refractivity contribution in [3.8, 4) is 0 Å². The van der Waals surface area contributed by atoms with Crippen molar-refractivity contribution in [1.29, 1.82) is 0 Å². The molecule has 2 nitrogen and oxygen atoms in total. The van der Waals surface area contributed by atoms with E-state index in [0.717, 1.165) is 29.4 Å². The average Bonchev–Trinajstić information content (AvgIpc) is 2.34. The summed E-state index contributed by atoms with van der Waals surface area (Å²) in [5, 5.41) is 9.01. The third-order valence-electron chi connectivity index (χ3n) is 2.63. The van der Waals surface area contributed by atoms with Crippen molar-refractivity contribution in [1.82, 2.24) is 0 Å². The highest BCUT2D eigenvalue weighted by Gasteiger charge is 2.00. The van der Waals surface area contributed by atoms with Crippen LogP contribution in [0.25, 0.3) is 5.57 Å². The van der Waals surface area contributed by atoms with Crippen molar-refractivity contribution in [2.45, 2.75) is 25.7 Å². The first-order valence-electron chi connectivity index (χ1n) is 5.71. The second-order valence-corrected chi connectivity index (χ2v) is 4.07. The lowest BCUT2D eigenvalue weighted by Crippen LogP contribution is -1.89. The van der Waals surface area contributed by atoms with Gasteiger partial charge in [-0.3, -0.25) is 0 Å². The fourth-order valence-electron chi connectivity index (χ4n) is 1.57. The number of aryl methyl sites for hydroxylation is 1. The van der Waals surface area contributed by atoms with E-state index in [9.17, 15) is 4.79 Å². The highest BCUT2D eigenvalue weighted by atomic mass is 16.3. The molecule has 0 aromatic heterocycles. The number of aldehydes is 1. The van der Waals surface area contributed by atoms with E-state index in [-0.39, 0.29) is 5.76 Å². The molecule has 0 saturated carbocycles. The van der Waals surface area contributed by atoms with Crippen LogP contribution in [-0.2, 0) is 11.2 Å². The van der Waals surface area contributed by atoms with Crippen molar-refractivity contribution in [2.24, 2.45) is 0 Å². The molecule has 0 unspecified atom stereocenters. The number of aliphatic hydroxyl groups is 1. The monoisotopic (exact) mass is 230 g/mol. The molecule has 17 heavy (non-hydrogen) atoms. The molecule has 0 aliphatic rings. The first-order valence-corrected chi connectivity index (χ1v) is 5.71. The summed E-state index contributed by atoms with van der Waals surface area (Å²) in [4.78, 5) is 10.3.